The van der Waals surface area contributed by atoms with Crippen molar-refractivity contribution in [1.29, 1.82) is 0 Å². The van der Waals surface area contributed by atoms with Gasteiger partial charge < -0.3 is 9.84 Å². The average Bonchev–Trinajstić information content (AvgIpc) is 3.20. The summed E-state index contributed by atoms with van der Waals surface area (Å²) in [6, 6.07) is 12.7. The summed E-state index contributed by atoms with van der Waals surface area (Å²) in [7, 11) is -3.67. The molecule has 5 nitrogen and oxygen atoms in total. The first-order chi connectivity index (χ1) is 13.5. The Morgan fingerprint density at radius 2 is 1.82 bits per heavy atom. The zero-order chi connectivity index (χ0) is 20.6. The van der Waals surface area contributed by atoms with Gasteiger partial charge in [-0.05, 0) is 42.8 Å². The van der Waals surface area contributed by atoms with Crippen molar-refractivity contribution in [3.8, 4) is 5.75 Å². The SMILES string of the molecule is CC.O=S(=O)(c1ccccc1F)C1CCN(CCOc2ccc(CO)cc2)C1. The second-order valence-electron chi connectivity index (χ2n) is 6.34. The van der Waals surface area contributed by atoms with Crippen molar-refractivity contribution in [2.24, 2.45) is 0 Å². The van der Waals surface area contributed by atoms with Gasteiger partial charge in [0.2, 0.25) is 0 Å². The molecule has 1 saturated heterocycles. The number of rotatable bonds is 7. The number of nitrogens with zero attached hydrogens (tertiary/aromatic N) is 1. The van der Waals surface area contributed by atoms with Crippen LogP contribution in [0.5, 0.6) is 5.75 Å². The first-order valence-corrected chi connectivity index (χ1v) is 11.1. The summed E-state index contributed by atoms with van der Waals surface area (Å²) >= 11 is 0. The van der Waals surface area contributed by atoms with Crippen molar-refractivity contribution < 1.29 is 22.7 Å². The highest BCUT2D eigenvalue weighted by atomic mass is 32.2. The molecule has 28 heavy (non-hydrogen) atoms. The Labute approximate surface area is 166 Å². The second kappa shape index (κ2) is 10.5. The van der Waals surface area contributed by atoms with Crippen molar-refractivity contribution in [2.45, 2.75) is 37.0 Å². The Morgan fingerprint density at radius 1 is 1.14 bits per heavy atom. The lowest BCUT2D eigenvalue weighted by molar-refractivity contribution is 0.237. The Bertz CT molecular complexity index is 840. The first kappa shape index (κ1) is 22.3. The Hall–Kier alpha value is -1.96. The van der Waals surface area contributed by atoms with Crippen LogP contribution in [0.1, 0.15) is 25.8 Å². The van der Waals surface area contributed by atoms with E-state index in [1.54, 1.807) is 30.3 Å². The van der Waals surface area contributed by atoms with Crippen LogP contribution in [0.25, 0.3) is 0 Å². The first-order valence-electron chi connectivity index (χ1n) is 9.54. The number of aliphatic hydroxyl groups excluding tert-OH is 1. The number of hydrogen-bond acceptors (Lipinski definition) is 5. The largest absolute Gasteiger partial charge is 0.492 e. The molecule has 2 aromatic carbocycles. The summed E-state index contributed by atoms with van der Waals surface area (Å²) in [5, 5.41) is 8.42. The van der Waals surface area contributed by atoms with E-state index >= 15 is 0 Å². The molecule has 0 amide bonds. The zero-order valence-corrected chi connectivity index (χ0v) is 17.2. The van der Waals surface area contributed by atoms with E-state index in [-0.39, 0.29) is 11.5 Å². The average molecular weight is 410 g/mol. The summed E-state index contributed by atoms with van der Waals surface area (Å²) in [5.74, 6) is 0.0116. The van der Waals surface area contributed by atoms with Crippen molar-refractivity contribution in [1.82, 2.24) is 4.90 Å². The zero-order valence-electron chi connectivity index (χ0n) is 16.3. The maximum absolute atomic E-state index is 13.9. The number of benzene rings is 2. The predicted molar refractivity (Wildman–Crippen MR) is 108 cm³/mol. The molecule has 1 unspecified atom stereocenters. The van der Waals surface area contributed by atoms with Crippen LogP contribution in [-0.2, 0) is 16.4 Å². The van der Waals surface area contributed by atoms with Crippen molar-refractivity contribution in [3.05, 3.63) is 59.9 Å². The molecule has 0 spiro atoms. The number of aliphatic hydroxyl groups is 1. The van der Waals surface area contributed by atoms with Gasteiger partial charge >= 0.3 is 0 Å². The standard InChI is InChI=1S/C19H22FNO4S.C2H6/c20-18-3-1-2-4-19(18)26(23,24)17-9-10-21(13-17)11-12-25-16-7-5-15(14-22)6-8-16;1-2/h1-8,17,22H,9-14H2;1-2H3. The molecule has 1 atom stereocenters. The molecule has 1 N–H and O–H groups in total. The summed E-state index contributed by atoms with van der Waals surface area (Å²) in [6.07, 6.45) is 0.488. The monoisotopic (exact) mass is 409 g/mol. The van der Waals surface area contributed by atoms with Crippen LogP contribution in [0, 0.1) is 5.82 Å². The normalized spacial score (nSPS) is 17.1. The topological polar surface area (TPSA) is 66.8 Å². The summed E-state index contributed by atoms with van der Waals surface area (Å²) in [4.78, 5) is 1.80. The molecule has 154 valence electrons. The minimum atomic E-state index is -3.67. The molecule has 1 aliphatic heterocycles. The molecule has 0 aromatic heterocycles. The molecule has 7 heteroatoms. The van der Waals surface area contributed by atoms with E-state index in [0.717, 1.165) is 5.56 Å². The van der Waals surface area contributed by atoms with E-state index in [1.165, 1.54) is 18.2 Å². The second-order valence-corrected chi connectivity index (χ2v) is 8.53. The fourth-order valence-electron chi connectivity index (χ4n) is 3.09. The molecule has 0 bridgehead atoms. The smallest absolute Gasteiger partial charge is 0.185 e. The van der Waals surface area contributed by atoms with Crippen LogP contribution in [0.3, 0.4) is 0 Å². The lowest BCUT2D eigenvalue weighted by atomic mass is 10.2. The highest BCUT2D eigenvalue weighted by Crippen LogP contribution is 2.25. The van der Waals surface area contributed by atoms with Gasteiger partial charge in [0.05, 0.1) is 11.9 Å². The van der Waals surface area contributed by atoms with Crippen molar-refractivity contribution in [2.75, 3.05) is 26.2 Å². The van der Waals surface area contributed by atoms with Crippen LogP contribution in [0.4, 0.5) is 4.39 Å². The molecule has 1 fully saturated rings. The van der Waals surface area contributed by atoms with Gasteiger partial charge in [0.15, 0.2) is 9.84 Å². The Kier molecular flexibility index (Phi) is 8.41. The summed E-state index contributed by atoms with van der Waals surface area (Å²) in [5.41, 5.74) is 0.818. The number of ether oxygens (including phenoxy) is 1. The minimum absolute atomic E-state index is 0.00801. The van der Waals surface area contributed by atoms with Crippen LogP contribution in [0.2, 0.25) is 0 Å². The van der Waals surface area contributed by atoms with E-state index in [9.17, 15) is 12.8 Å². The number of halogens is 1. The van der Waals surface area contributed by atoms with Crippen molar-refractivity contribution >= 4 is 9.84 Å². The third-order valence-electron chi connectivity index (χ3n) is 4.59. The van der Waals surface area contributed by atoms with E-state index in [0.29, 0.717) is 38.4 Å². The van der Waals surface area contributed by atoms with Gasteiger partial charge in [0, 0.05) is 13.1 Å². The highest BCUT2D eigenvalue weighted by molar-refractivity contribution is 7.92. The van der Waals surface area contributed by atoms with Crippen molar-refractivity contribution in [3.63, 3.8) is 0 Å². The summed E-state index contributed by atoms with van der Waals surface area (Å²) in [6.45, 7) is 6.05. The lowest BCUT2D eigenvalue weighted by Crippen LogP contribution is -2.30. The fraction of sp³-hybridized carbons (Fsp3) is 0.429. The van der Waals surface area contributed by atoms with E-state index in [1.807, 2.05) is 18.7 Å². The molecule has 3 rings (SSSR count). The maximum Gasteiger partial charge on any atom is 0.185 e. The maximum atomic E-state index is 13.9. The predicted octanol–water partition coefficient (Wildman–Crippen LogP) is 3.27. The van der Waals surface area contributed by atoms with Gasteiger partial charge in [-0.2, -0.15) is 0 Å². The molecule has 0 aliphatic carbocycles. The Morgan fingerprint density at radius 3 is 2.46 bits per heavy atom. The molecule has 0 saturated carbocycles. The molecular weight excluding hydrogens is 381 g/mol. The number of hydrogen-bond donors (Lipinski definition) is 1. The Balaban J connectivity index is 0.00000136. The highest BCUT2D eigenvalue weighted by Gasteiger charge is 2.35. The number of likely N-dealkylation sites (tertiary alicyclic amines) is 1. The molecular formula is C21H28FNO4S. The van der Waals surface area contributed by atoms with Gasteiger partial charge in [-0.1, -0.05) is 38.1 Å². The van der Waals surface area contributed by atoms with Gasteiger partial charge in [0.25, 0.3) is 0 Å². The number of sulfone groups is 1. The lowest BCUT2D eigenvalue weighted by Gasteiger charge is -2.17. The molecule has 1 heterocycles. The van der Waals surface area contributed by atoms with Gasteiger partial charge in [-0.15, -0.1) is 0 Å². The van der Waals surface area contributed by atoms with Crippen LogP contribution in [-0.4, -0.2) is 49.9 Å². The van der Waals surface area contributed by atoms with Gasteiger partial charge in [-0.25, -0.2) is 12.8 Å². The third kappa shape index (κ3) is 5.53. The van der Waals surface area contributed by atoms with Gasteiger partial charge in [0.1, 0.15) is 23.1 Å². The third-order valence-corrected chi connectivity index (χ3v) is 6.80. The molecule has 1 aliphatic rings. The molecule has 0 radical (unpaired) electrons. The van der Waals surface area contributed by atoms with Crippen LogP contribution >= 0.6 is 0 Å². The molecule has 2 aromatic rings. The van der Waals surface area contributed by atoms with E-state index < -0.39 is 20.9 Å². The van der Waals surface area contributed by atoms with Gasteiger partial charge in [-0.3, -0.25) is 4.90 Å². The van der Waals surface area contributed by atoms with E-state index in [4.69, 9.17) is 9.84 Å². The van der Waals surface area contributed by atoms with E-state index in [2.05, 4.69) is 0 Å². The van der Waals surface area contributed by atoms with Crippen LogP contribution < -0.4 is 4.74 Å². The quantitative estimate of drug-likeness (QED) is 0.760. The fourth-order valence-corrected chi connectivity index (χ4v) is 4.88. The van der Waals surface area contributed by atoms with Crippen LogP contribution in [0.15, 0.2) is 53.4 Å². The minimum Gasteiger partial charge on any atom is -0.492 e. The summed E-state index contributed by atoms with van der Waals surface area (Å²) < 4.78 is 44.8.